The van der Waals surface area contributed by atoms with Gasteiger partial charge >= 0.3 is 5.97 Å². The van der Waals surface area contributed by atoms with Crippen LogP contribution in [0.5, 0.6) is 0 Å². The van der Waals surface area contributed by atoms with Crippen LogP contribution in [0, 0.1) is 0 Å². The Morgan fingerprint density at radius 3 is 2.89 bits per heavy atom. The summed E-state index contributed by atoms with van der Waals surface area (Å²) in [6.45, 7) is 0. The van der Waals surface area contributed by atoms with E-state index in [0.29, 0.717) is 16.2 Å². The van der Waals surface area contributed by atoms with Crippen LogP contribution in [0.3, 0.4) is 0 Å². The minimum Gasteiger partial charge on any atom is -0.467 e. The number of aliphatic hydroxyl groups excluding tert-OH is 2. The highest BCUT2D eigenvalue weighted by Gasteiger charge is 2.26. The summed E-state index contributed by atoms with van der Waals surface area (Å²) in [4.78, 5) is 15.2. The molecule has 2 atom stereocenters. The molecule has 2 unspecified atom stereocenters. The van der Waals surface area contributed by atoms with E-state index in [0.717, 1.165) is 11.8 Å². The van der Waals surface area contributed by atoms with Gasteiger partial charge in [0.1, 0.15) is 6.10 Å². The number of carbonyl (C=O) groups excluding carboxylic acids is 1. The van der Waals surface area contributed by atoms with Crippen molar-refractivity contribution in [3.05, 3.63) is 23.8 Å². The Kier molecular flexibility index (Phi) is 3.46. The minimum atomic E-state index is -1.62. The van der Waals surface area contributed by atoms with Gasteiger partial charge in [0.05, 0.1) is 17.3 Å². The number of ether oxygens (including phenoxy) is 1. The van der Waals surface area contributed by atoms with Crippen molar-refractivity contribution in [2.75, 3.05) is 12.8 Å². The first kappa shape index (κ1) is 12.7. The number of nitrogen functional groups attached to an aromatic ring is 1. The van der Waals surface area contributed by atoms with Crippen molar-refractivity contribution in [2.45, 2.75) is 12.2 Å². The number of hydrogen-bond acceptors (Lipinski definition) is 7. The van der Waals surface area contributed by atoms with Gasteiger partial charge in [-0.3, -0.25) is 0 Å². The maximum absolute atomic E-state index is 11.1. The first-order chi connectivity index (χ1) is 8.52. The van der Waals surface area contributed by atoms with Crippen LogP contribution in [-0.2, 0) is 9.53 Å². The summed E-state index contributed by atoms with van der Waals surface area (Å²) in [7, 11) is 1.14. The van der Waals surface area contributed by atoms with E-state index in [1.54, 1.807) is 18.2 Å². The van der Waals surface area contributed by atoms with Gasteiger partial charge in [-0.1, -0.05) is 17.4 Å². The number of hydrogen-bond donors (Lipinski definition) is 3. The molecule has 6 nitrogen and oxygen atoms in total. The molecule has 0 radical (unpaired) electrons. The molecule has 0 aliphatic heterocycles. The molecule has 0 aliphatic rings. The molecule has 0 saturated heterocycles. The van der Waals surface area contributed by atoms with Crippen molar-refractivity contribution < 1.29 is 19.7 Å². The number of aromatic nitrogens is 1. The molecule has 2 aromatic rings. The number of benzene rings is 1. The van der Waals surface area contributed by atoms with Crippen LogP contribution in [0.2, 0.25) is 0 Å². The highest BCUT2D eigenvalue weighted by molar-refractivity contribution is 7.22. The summed E-state index contributed by atoms with van der Waals surface area (Å²) in [6.07, 6.45) is -2.98. The van der Waals surface area contributed by atoms with Gasteiger partial charge in [-0.25, -0.2) is 9.78 Å². The Labute approximate surface area is 107 Å². The number of nitrogens with zero attached hydrogens (tertiary/aromatic N) is 1. The molecule has 0 amide bonds. The number of nitrogens with two attached hydrogens (primary N) is 1. The molecule has 0 bridgehead atoms. The number of carbonyl (C=O) groups is 1. The van der Waals surface area contributed by atoms with Crippen LogP contribution in [-0.4, -0.2) is 34.4 Å². The number of methoxy groups -OCH3 is 1. The predicted molar refractivity (Wildman–Crippen MR) is 67.0 cm³/mol. The minimum absolute atomic E-state index is 0.380. The van der Waals surface area contributed by atoms with E-state index in [2.05, 4.69) is 9.72 Å². The van der Waals surface area contributed by atoms with Gasteiger partial charge in [0.15, 0.2) is 11.2 Å². The first-order valence-corrected chi connectivity index (χ1v) is 5.94. The fraction of sp³-hybridized carbons (Fsp3) is 0.273. The van der Waals surface area contributed by atoms with Crippen LogP contribution in [0.15, 0.2) is 18.2 Å². The Bertz CT molecular complexity index is 583. The predicted octanol–water partition coefficient (Wildman–Crippen LogP) is 0.446. The van der Waals surface area contributed by atoms with E-state index >= 15 is 0 Å². The smallest absolute Gasteiger partial charge is 0.337 e. The Morgan fingerprint density at radius 1 is 1.50 bits per heavy atom. The molecule has 1 aromatic heterocycles. The van der Waals surface area contributed by atoms with Gasteiger partial charge in [-0.05, 0) is 17.7 Å². The van der Waals surface area contributed by atoms with Crippen LogP contribution < -0.4 is 5.73 Å². The fourth-order valence-electron chi connectivity index (χ4n) is 1.58. The molecule has 7 heteroatoms. The molecule has 4 N–H and O–H groups in total. The summed E-state index contributed by atoms with van der Waals surface area (Å²) in [5.74, 6) is -0.889. The number of thiazole rings is 1. The van der Waals surface area contributed by atoms with E-state index in [1.165, 1.54) is 11.3 Å². The van der Waals surface area contributed by atoms with Crippen molar-refractivity contribution in [3.63, 3.8) is 0 Å². The van der Waals surface area contributed by atoms with Crippen LogP contribution in [0.4, 0.5) is 5.13 Å². The zero-order valence-corrected chi connectivity index (χ0v) is 10.3. The second kappa shape index (κ2) is 4.89. The maximum atomic E-state index is 11.1. The van der Waals surface area contributed by atoms with Gasteiger partial charge in [-0.15, -0.1) is 0 Å². The molecule has 1 heterocycles. The third-order valence-corrected chi connectivity index (χ3v) is 3.38. The maximum Gasteiger partial charge on any atom is 0.337 e. The number of esters is 1. The summed E-state index contributed by atoms with van der Waals surface area (Å²) in [5.41, 5.74) is 6.56. The second-order valence-electron chi connectivity index (χ2n) is 3.69. The standard InChI is InChI=1S/C11H12N2O4S/c1-17-10(16)9(15)8(14)5-2-3-7-6(4-5)13-11(12)18-7/h2-4,8-9,14-15H,1H3,(H2,12,13). The second-order valence-corrected chi connectivity index (χ2v) is 4.75. The normalized spacial score (nSPS) is 14.4. The van der Waals surface area contributed by atoms with Crippen LogP contribution in [0.1, 0.15) is 11.7 Å². The van der Waals surface area contributed by atoms with E-state index in [1.807, 2.05) is 0 Å². The molecular formula is C11H12N2O4S. The van der Waals surface area contributed by atoms with E-state index in [-0.39, 0.29) is 0 Å². The molecule has 18 heavy (non-hydrogen) atoms. The summed E-state index contributed by atoms with van der Waals surface area (Å²) >= 11 is 1.32. The van der Waals surface area contributed by atoms with Gasteiger partial charge < -0.3 is 20.7 Å². The van der Waals surface area contributed by atoms with Gasteiger partial charge in [0.2, 0.25) is 0 Å². The molecule has 1 aromatic carbocycles. The van der Waals surface area contributed by atoms with Gasteiger partial charge in [0.25, 0.3) is 0 Å². The lowest BCUT2D eigenvalue weighted by Gasteiger charge is -2.15. The first-order valence-electron chi connectivity index (χ1n) is 5.13. The SMILES string of the molecule is COC(=O)C(O)C(O)c1ccc2sc(N)nc2c1. The zero-order chi connectivity index (χ0) is 13.3. The van der Waals surface area contributed by atoms with E-state index < -0.39 is 18.2 Å². The fourth-order valence-corrected chi connectivity index (χ4v) is 2.29. The lowest BCUT2D eigenvalue weighted by atomic mass is 10.0. The molecule has 0 aliphatic carbocycles. The Hall–Kier alpha value is -1.70. The van der Waals surface area contributed by atoms with Crippen molar-refractivity contribution in [1.82, 2.24) is 4.98 Å². The summed E-state index contributed by atoms with van der Waals surface area (Å²) in [5, 5.41) is 19.8. The largest absolute Gasteiger partial charge is 0.467 e. The monoisotopic (exact) mass is 268 g/mol. The highest BCUT2D eigenvalue weighted by Crippen LogP contribution is 2.27. The van der Waals surface area contributed by atoms with Crippen molar-refractivity contribution >= 4 is 32.7 Å². The van der Waals surface area contributed by atoms with Crippen molar-refractivity contribution in [3.8, 4) is 0 Å². The zero-order valence-electron chi connectivity index (χ0n) is 9.53. The molecule has 2 rings (SSSR count). The average Bonchev–Trinajstić information content (AvgIpc) is 2.74. The lowest BCUT2D eigenvalue weighted by Crippen LogP contribution is -2.28. The topological polar surface area (TPSA) is 106 Å². The Morgan fingerprint density at radius 2 is 2.22 bits per heavy atom. The van der Waals surface area contributed by atoms with E-state index in [9.17, 15) is 15.0 Å². The van der Waals surface area contributed by atoms with Crippen molar-refractivity contribution in [2.24, 2.45) is 0 Å². The Balaban J connectivity index is 2.32. The van der Waals surface area contributed by atoms with Gasteiger partial charge in [-0.2, -0.15) is 0 Å². The third-order valence-electron chi connectivity index (χ3n) is 2.51. The average molecular weight is 268 g/mol. The van der Waals surface area contributed by atoms with Crippen LogP contribution >= 0.6 is 11.3 Å². The highest BCUT2D eigenvalue weighted by atomic mass is 32.1. The molecule has 96 valence electrons. The molecule has 0 spiro atoms. The van der Waals surface area contributed by atoms with E-state index in [4.69, 9.17) is 5.73 Å². The number of anilines is 1. The molecule has 0 saturated carbocycles. The third kappa shape index (κ3) is 2.28. The summed E-state index contributed by atoms with van der Waals surface area (Å²) < 4.78 is 5.24. The number of fused-ring (bicyclic) bond motifs is 1. The van der Waals surface area contributed by atoms with Crippen LogP contribution in [0.25, 0.3) is 10.2 Å². The lowest BCUT2D eigenvalue weighted by molar-refractivity contribution is -0.156. The number of aliphatic hydroxyl groups is 2. The van der Waals surface area contributed by atoms with Crippen molar-refractivity contribution in [1.29, 1.82) is 0 Å². The quantitative estimate of drug-likeness (QED) is 0.698. The molecule has 0 fully saturated rings. The molecular weight excluding hydrogens is 256 g/mol. The summed E-state index contributed by atoms with van der Waals surface area (Å²) in [6, 6.07) is 4.92. The number of rotatable bonds is 3. The van der Waals surface area contributed by atoms with Gasteiger partial charge in [0, 0.05) is 0 Å².